The molecule has 0 fully saturated rings. The van der Waals surface area contributed by atoms with E-state index in [2.05, 4.69) is 4.31 Å². The fourth-order valence-electron chi connectivity index (χ4n) is 0.0544. The molecule has 0 aromatic carbocycles. The second kappa shape index (κ2) is 14.7. The Hall–Kier alpha value is 2.14. The molecule has 5 nitrogen and oxygen atoms in total. The first-order valence-corrected chi connectivity index (χ1v) is 4.89. The van der Waals surface area contributed by atoms with Gasteiger partial charge in [-0.15, -0.1) is 23.2 Å². The van der Waals surface area contributed by atoms with Gasteiger partial charge < -0.3 is 9.79 Å². The van der Waals surface area contributed by atoms with Gasteiger partial charge in [0.25, 0.3) is 0 Å². The third-order valence-electron chi connectivity index (χ3n) is 0.133. The zero-order valence-corrected chi connectivity index (χ0v) is 11.9. The maximum absolute atomic E-state index is 9.24. The SMILES string of the molecule is ClCCl.O=[P+]([O-])O[P+](=O)[O-].[Sr+2]. The van der Waals surface area contributed by atoms with Gasteiger partial charge in [0.1, 0.15) is 4.31 Å². The van der Waals surface area contributed by atoms with Crippen LogP contribution in [0.1, 0.15) is 0 Å². The van der Waals surface area contributed by atoms with Gasteiger partial charge in [-0.3, -0.25) is 0 Å². The molecule has 2 unspecified atom stereocenters. The second-order valence-corrected chi connectivity index (χ2v) is 2.99. The van der Waals surface area contributed by atoms with Crippen LogP contribution in [0.2, 0.25) is 0 Å². The first-order valence-electron chi connectivity index (χ1n) is 1.63. The molecule has 0 saturated carbocycles. The Bertz CT molecular complexity index is 109. The van der Waals surface area contributed by atoms with Crippen molar-refractivity contribution in [2.75, 3.05) is 5.34 Å². The van der Waals surface area contributed by atoms with Gasteiger partial charge in [0, 0.05) is 0 Å². The Morgan fingerprint density at radius 3 is 1.36 bits per heavy atom. The number of hydrogen-bond donors (Lipinski definition) is 0. The molecule has 2 atom stereocenters. The summed E-state index contributed by atoms with van der Waals surface area (Å²) in [7, 11) is -6.47. The minimum absolute atomic E-state index is 0. The Balaban J connectivity index is -0.000000140. The zero-order valence-electron chi connectivity index (χ0n) is 5.11. The largest absolute Gasteiger partial charge is 2.00 e. The van der Waals surface area contributed by atoms with Gasteiger partial charge in [0.05, 0.1) is 5.34 Å². The van der Waals surface area contributed by atoms with E-state index in [-0.39, 0.29) is 50.8 Å². The molecule has 0 aliphatic carbocycles. The minimum atomic E-state index is -3.24. The average molecular weight is 314 g/mol. The molecule has 0 heterocycles. The van der Waals surface area contributed by atoms with Crippen LogP contribution in [0, 0.1) is 0 Å². The first-order chi connectivity index (χ1) is 4.54. The predicted molar refractivity (Wildman–Crippen MR) is 38.6 cm³/mol. The summed E-state index contributed by atoms with van der Waals surface area (Å²) in [5.41, 5.74) is 0. The van der Waals surface area contributed by atoms with Gasteiger partial charge in [-0.2, -0.15) is 0 Å². The summed E-state index contributed by atoms with van der Waals surface area (Å²) in [5, 5.41) is 0.194. The minimum Gasteiger partial charge on any atom is -0.563 e. The van der Waals surface area contributed by atoms with E-state index in [9.17, 15) is 18.9 Å². The van der Waals surface area contributed by atoms with Crippen LogP contribution in [0.4, 0.5) is 0 Å². The molecule has 10 heteroatoms. The van der Waals surface area contributed by atoms with Crippen LogP contribution in [-0.4, -0.2) is 50.8 Å². The molecule has 0 spiro atoms. The van der Waals surface area contributed by atoms with E-state index in [1.54, 1.807) is 0 Å². The van der Waals surface area contributed by atoms with Crippen LogP contribution < -0.4 is 9.79 Å². The summed E-state index contributed by atoms with van der Waals surface area (Å²) in [6, 6.07) is 0. The molecule has 0 aromatic rings. The number of hydrogen-bond acceptors (Lipinski definition) is 5. The molecule has 0 aromatic heterocycles. The van der Waals surface area contributed by atoms with Gasteiger partial charge in [-0.1, -0.05) is 0 Å². The van der Waals surface area contributed by atoms with Crippen molar-refractivity contribution in [1.29, 1.82) is 0 Å². The molecular weight excluding hydrogens is 312 g/mol. The molecule has 0 rings (SSSR count). The van der Waals surface area contributed by atoms with Crippen molar-refractivity contribution in [2.45, 2.75) is 0 Å². The van der Waals surface area contributed by atoms with Crippen LogP contribution in [0.3, 0.4) is 0 Å². The quantitative estimate of drug-likeness (QED) is 0.409. The smallest absolute Gasteiger partial charge is 0.563 e. The Kier molecular flexibility index (Phi) is 25.1. The van der Waals surface area contributed by atoms with Crippen molar-refractivity contribution < 1.29 is 23.2 Å². The first kappa shape index (κ1) is 18.8. The van der Waals surface area contributed by atoms with Gasteiger partial charge in [-0.05, 0) is 9.13 Å². The van der Waals surface area contributed by atoms with Crippen LogP contribution in [0.15, 0.2) is 0 Å². The Morgan fingerprint density at radius 2 is 1.36 bits per heavy atom. The Labute approximate surface area is 112 Å². The van der Waals surface area contributed by atoms with E-state index in [0.717, 1.165) is 0 Å². The summed E-state index contributed by atoms with van der Waals surface area (Å²) in [6.07, 6.45) is 0. The van der Waals surface area contributed by atoms with Crippen molar-refractivity contribution in [3.8, 4) is 0 Å². The molecule has 0 saturated heterocycles. The summed E-state index contributed by atoms with van der Waals surface area (Å²) in [5.74, 6) is 0. The van der Waals surface area contributed by atoms with Gasteiger partial charge >= 0.3 is 62.0 Å². The summed E-state index contributed by atoms with van der Waals surface area (Å²) >= 11 is 9.53. The molecule has 0 aliphatic heterocycles. The number of alkyl halides is 2. The van der Waals surface area contributed by atoms with E-state index in [4.69, 9.17) is 23.2 Å². The maximum atomic E-state index is 9.24. The molecule has 11 heavy (non-hydrogen) atoms. The summed E-state index contributed by atoms with van der Waals surface area (Å²) in [4.78, 5) is 18.5. The zero-order chi connectivity index (χ0) is 8.57. The van der Waals surface area contributed by atoms with Crippen molar-refractivity contribution in [3.05, 3.63) is 0 Å². The van der Waals surface area contributed by atoms with Gasteiger partial charge in [-0.25, -0.2) is 0 Å². The molecule has 0 aliphatic rings. The summed E-state index contributed by atoms with van der Waals surface area (Å²) in [6.45, 7) is 0. The van der Waals surface area contributed by atoms with E-state index in [1.165, 1.54) is 0 Å². The van der Waals surface area contributed by atoms with E-state index >= 15 is 0 Å². The summed E-state index contributed by atoms with van der Waals surface area (Å²) < 4.78 is 21.6. The second-order valence-electron chi connectivity index (χ2n) is 0.630. The van der Waals surface area contributed by atoms with Gasteiger partial charge in [0.15, 0.2) is 0 Å². The van der Waals surface area contributed by atoms with Crippen LogP contribution >= 0.6 is 39.7 Å². The van der Waals surface area contributed by atoms with E-state index < -0.39 is 16.5 Å². The van der Waals surface area contributed by atoms with Crippen molar-refractivity contribution >= 4 is 85.2 Å². The Morgan fingerprint density at radius 1 is 1.18 bits per heavy atom. The van der Waals surface area contributed by atoms with Crippen molar-refractivity contribution in [2.24, 2.45) is 0 Å². The standard InChI is InChI=1S/CH2Cl2.O5P2.Sr/c2-1-3;1-6(2)5-7(3)4;/h1H2;;/q;;+2. The molecule has 60 valence electrons. The maximum Gasteiger partial charge on any atom is 2.00 e. The van der Waals surface area contributed by atoms with Crippen LogP contribution in [0.5, 0.6) is 0 Å². The molecule has 0 amide bonds. The number of halogens is 2. The predicted octanol–water partition coefficient (Wildman–Crippen LogP) is 0.0791. The molecule has 0 radical (unpaired) electrons. The normalized spacial score (nSPS) is 10.2. The fraction of sp³-hybridized carbons (Fsp3) is 1.00. The number of rotatable bonds is 2. The van der Waals surface area contributed by atoms with Crippen molar-refractivity contribution in [1.82, 2.24) is 0 Å². The van der Waals surface area contributed by atoms with E-state index in [1.807, 2.05) is 0 Å². The van der Waals surface area contributed by atoms with Crippen molar-refractivity contribution in [3.63, 3.8) is 0 Å². The van der Waals surface area contributed by atoms with Gasteiger partial charge in [0.2, 0.25) is 0 Å². The monoisotopic (exact) mass is 314 g/mol. The molecular formula is CH2Cl2O5P2Sr+2. The average Bonchev–Trinajstić information content (AvgIpc) is 1.62. The fourth-order valence-corrected chi connectivity index (χ4v) is 0.490. The third kappa shape index (κ3) is 33.1. The topological polar surface area (TPSA) is 89.5 Å². The molecule has 0 bridgehead atoms. The molecule has 0 N–H and O–H groups in total. The van der Waals surface area contributed by atoms with Crippen LogP contribution in [0.25, 0.3) is 0 Å². The van der Waals surface area contributed by atoms with E-state index in [0.29, 0.717) is 0 Å². The van der Waals surface area contributed by atoms with Crippen LogP contribution in [-0.2, 0) is 13.4 Å². The third-order valence-corrected chi connectivity index (χ3v) is 1.20.